The molecule has 0 aromatic heterocycles. The van der Waals surface area contributed by atoms with Crippen LogP contribution >= 0.6 is 0 Å². The smallest absolute Gasteiger partial charge is 0.322 e. The average Bonchev–Trinajstić information content (AvgIpc) is 2.44. The fourth-order valence-electron chi connectivity index (χ4n) is 1.73. The molecular weight excluding hydrogens is 244 g/mol. The molecule has 0 bridgehead atoms. The van der Waals surface area contributed by atoms with Crippen molar-refractivity contribution in [3.63, 3.8) is 0 Å². The molecule has 3 N–H and O–H groups in total. The number of esters is 1. The first-order valence-corrected chi connectivity index (χ1v) is 6.32. The van der Waals surface area contributed by atoms with Crippen LogP contribution in [-0.4, -0.2) is 31.4 Å². The highest BCUT2D eigenvalue weighted by Crippen LogP contribution is 2.17. The Morgan fingerprint density at radius 1 is 1.37 bits per heavy atom. The minimum Gasteiger partial charge on any atom is -0.465 e. The maximum atomic E-state index is 12.1. The standard InChI is InChI=1S/C14H20N2O3/c1-3-19-14(18)11(15)8-9-13(17)10-6-4-5-7-12(10)16-2/h4-7,11,16H,3,8-9,15H2,1-2H3. The lowest BCUT2D eigenvalue weighted by molar-refractivity contribution is -0.144. The summed E-state index contributed by atoms with van der Waals surface area (Å²) in [5.41, 5.74) is 7.05. The van der Waals surface area contributed by atoms with Gasteiger partial charge in [-0.15, -0.1) is 0 Å². The van der Waals surface area contributed by atoms with Crippen LogP contribution in [0.3, 0.4) is 0 Å². The van der Waals surface area contributed by atoms with Crippen molar-refractivity contribution >= 4 is 17.4 Å². The zero-order valence-electron chi connectivity index (χ0n) is 11.3. The van der Waals surface area contributed by atoms with Gasteiger partial charge in [-0.25, -0.2) is 0 Å². The van der Waals surface area contributed by atoms with E-state index < -0.39 is 12.0 Å². The molecular formula is C14H20N2O3. The van der Waals surface area contributed by atoms with Gasteiger partial charge in [-0.05, 0) is 25.5 Å². The summed E-state index contributed by atoms with van der Waals surface area (Å²) in [6.07, 6.45) is 0.508. The van der Waals surface area contributed by atoms with Crippen LogP contribution in [0.5, 0.6) is 0 Å². The predicted molar refractivity (Wildman–Crippen MR) is 74.2 cm³/mol. The number of benzene rings is 1. The zero-order valence-corrected chi connectivity index (χ0v) is 11.3. The second-order valence-electron chi connectivity index (χ2n) is 4.12. The Morgan fingerprint density at radius 3 is 2.68 bits per heavy atom. The molecule has 0 saturated carbocycles. The van der Waals surface area contributed by atoms with Gasteiger partial charge in [0.25, 0.3) is 0 Å². The van der Waals surface area contributed by atoms with Gasteiger partial charge in [0.2, 0.25) is 0 Å². The minimum atomic E-state index is -0.745. The minimum absolute atomic E-state index is 0.0373. The lowest BCUT2D eigenvalue weighted by atomic mass is 10.0. The third kappa shape index (κ3) is 4.37. The van der Waals surface area contributed by atoms with Crippen LogP contribution in [0.25, 0.3) is 0 Å². The molecule has 0 spiro atoms. The molecule has 1 rings (SSSR count). The number of nitrogens with one attached hydrogen (secondary N) is 1. The summed E-state index contributed by atoms with van der Waals surface area (Å²) in [6.45, 7) is 2.02. The van der Waals surface area contributed by atoms with Gasteiger partial charge < -0.3 is 15.8 Å². The van der Waals surface area contributed by atoms with Crippen LogP contribution in [-0.2, 0) is 9.53 Å². The molecule has 0 aliphatic heterocycles. The molecule has 0 fully saturated rings. The summed E-state index contributed by atoms with van der Waals surface area (Å²) < 4.78 is 4.80. The number of ketones is 1. The third-order valence-electron chi connectivity index (χ3n) is 2.77. The van der Waals surface area contributed by atoms with E-state index in [0.717, 1.165) is 5.69 Å². The Kier molecular flexibility index (Phi) is 6.02. The van der Waals surface area contributed by atoms with E-state index in [9.17, 15) is 9.59 Å². The lowest BCUT2D eigenvalue weighted by Gasteiger charge is -2.11. The molecule has 104 valence electrons. The molecule has 5 nitrogen and oxygen atoms in total. The van der Waals surface area contributed by atoms with Crippen molar-refractivity contribution in [2.45, 2.75) is 25.8 Å². The molecule has 0 aliphatic carbocycles. The quantitative estimate of drug-likeness (QED) is 0.577. The number of rotatable bonds is 7. The van der Waals surface area contributed by atoms with E-state index in [-0.39, 0.29) is 18.6 Å². The average molecular weight is 264 g/mol. The molecule has 0 aliphatic rings. The maximum absolute atomic E-state index is 12.1. The van der Waals surface area contributed by atoms with E-state index in [1.54, 1.807) is 26.1 Å². The molecule has 0 saturated heterocycles. The first-order valence-electron chi connectivity index (χ1n) is 6.32. The molecule has 19 heavy (non-hydrogen) atoms. The van der Waals surface area contributed by atoms with Gasteiger partial charge in [0.15, 0.2) is 5.78 Å². The van der Waals surface area contributed by atoms with Crippen LogP contribution in [0, 0.1) is 0 Å². The van der Waals surface area contributed by atoms with Crippen molar-refractivity contribution in [2.75, 3.05) is 19.0 Å². The fourth-order valence-corrected chi connectivity index (χ4v) is 1.73. The Labute approximate surface area is 113 Å². The van der Waals surface area contributed by atoms with Crippen LogP contribution in [0.2, 0.25) is 0 Å². The topological polar surface area (TPSA) is 81.4 Å². The zero-order chi connectivity index (χ0) is 14.3. The second-order valence-corrected chi connectivity index (χ2v) is 4.12. The number of anilines is 1. The Balaban J connectivity index is 2.58. The van der Waals surface area contributed by atoms with Crippen LogP contribution in [0.4, 0.5) is 5.69 Å². The Bertz CT molecular complexity index is 446. The lowest BCUT2D eigenvalue weighted by Crippen LogP contribution is -2.32. The third-order valence-corrected chi connectivity index (χ3v) is 2.77. The molecule has 1 aromatic rings. The SMILES string of the molecule is CCOC(=O)C(N)CCC(=O)c1ccccc1NC. The second kappa shape index (κ2) is 7.53. The van der Waals surface area contributed by atoms with Crippen LogP contribution in [0.1, 0.15) is 30.1 Å². The highest BCUT2D eigenvalue weighted by atomic mass is 16.5. The molecule has 0 amide bonds. The van der Waals surface area contributed by atoms with E-state index in [0.29, 0.717) is 12.2 Å². The van der Waals surface area contributed by atoms with E-state index in [4.69, 9.17) is 10.5 Å². The number of hydrogen-bond acceptors (Lipinski definition) is 5. The van der Waals surface area contributed by atoms with Gasteiger partial charge in [-0.2, -0.15) is 0 Å². The number of para-hydroxylation sites is 1. The van der Waals surface area contributed by atoms with Crippen molar-refractivity contribution in [3.8, 4) is 0 Å². The summed E-state index contributed by atoms with van der Waals surface area (Å²) >= 11 is 0. The summed E-state index contributed by atoms with van der Waals surface area (Å²) in [7, 11) is 1.76. The Hall–Kier alpha value is -1.88. The number of carbonyl (C=O) groups is 2. The molecule has 0 radical (unpaired) electrons. The molecule has 1 aromatic carbocycles. The monoisotopic (exact) mass is 264 g/mol. The summed E-state index contributed by atoms with van der Waals surface area (Å²) in [6, 6.07) is 6.50. The summed E-state index contributed by atoms with van der Waals surface area (Å²) in [4.78, 5) is 23.4. The first kappa shape index (κ1) is 15.2. The number of hydrogen-bond donors (Lipinski definition) is 2. The van der Waals surface area contributed by atoms with Crippen molar-refractivity contribution < 1.29 is 14.3 Å². The van der Waals surface area contributed by atoms with Gasteiger partial charge in [0.1, 0.15) is 6.04 Å². The molecule has 1 atom stereocenters. The summed E-state index contributed by atoms with van der Waals surface area (Å²) in [5.74, 6) is -0.498. The Morgan fingerprint density at radius 2 is 2.05 bits per heavy atom. The van der Waals surface area contributed by atoms with Crippen LogP contribution < -0.4 is 11.1 Å². The van der Waals surface area contributed by atoms with E-state index in [2.05, 4.69) is 5.32 Å². The van der Waals surface area contributed by atoms with Crippen molar-refractivity contribution in [2.24, 2.45) is 5.73 Å². The highest BCUT2D eigenvalue weighted by molar-refractivity contribution is 6.01. The number of Topliss-reactive ketones (excluding diaryl/α,β-unsaturated/α-hetero) is 1. The molecule has 5 heteroatoms. The largest absolute Gasteiger partial charge is 0.465 e. The van der Waals surface area contributed by atoms with Crippen LogP contribution in [0.15, 0.2) is 24.3 Å². The van der Waals surface area contributed by atoms with Gasteiger partial charge in [-0.3, -0.25) is 9.59 Å². The van der Waals surface area contributed by atoms with E-state index in [1.165, 1.54) is 0 Å². The highest BCUT2D eigenvalue weighted by Gasteiger charge is 2.17. The van der Waals surface area contributed by atoms with Crippen molar-refractivity contribution in [1.82, 2.24) is 0 Å². The fraction of sp³-hybridized carbons (Fsp3) is 0.429. The van der Waals surface area contributed by atoms with Gasteiger partial charge >= 0.3 is 5.97 Å². The van der Waals surface area contributed by atoms with Gasteiger partial charge in [-0.1, -0.05) is 12.1 Å². The molecule has 0 heterocycles. The number of carbonyl (C=O) groups excluding carboxylic acids is 2. The van der Waals surface area contributed by atoms with Crippen molar-refractivity contribution in [1.29, 1.82) is 0 Å². The van der Waals surface area contributed by atoms with E-state index in [1.807, 2.05) is 12.1 Å². The van der Waals surface area contributed by atoms with Gasteiger partial charge in [0, 0.05) is 24.7 Å². The first-order chi connectivity index (χ1) is 9.10. The number of ether oxygens (including phenoxy) is 1. The predicted octanol–water partition coefficient (Wildman–Crippen LogP) is 1.58. The van der Waals surface area contributed by atoms with Crippen molar-refractivity contribution in [3.05, 3.63) is 29.8 Å². The molecule has 1 unspecified atom stereocenters. The van der Waals surface area contributed by atoms with Gasteiger partial charge in [0.05, 0.1) is 6.61 Å². The maximum Gasteiger partial charge on any atom is 0.322 e. The summed E-state index contributed by atoms with van der Waals surface area (Å²) in [5, 5.41) is 2.96. The number of nitrogens with two attached hydrogens (primary N) is 1. The normalized spacial score (nSPS) is 11.7. The van der Waals surface area contributed by atoms with E-state index >= 15 is 0 Å².